The Morgan fingerprint density at radius 1 is 1.47 bits per heavy atom. The van der Waals surface area contributed by atoms with E-state index in [2.05, 4.69) is 4.98 Å². The lowest BCUT2D eigenvalue weighted by Crippen LogP contribution is -2.42. The van der Waals surface area contributed by atoms with E-state index in [1.54, 1.807) is 19.2 Å². The fourth-order valence-corrected chi connectivity index (χ4v) is 1.63. The topological polar surface area (TPSA) is 70.5 Å². The van der Waals surface area contributed by atoms with Gasteiger partial charge in [0.1, 0.15) is 6.04 Å². The van der Waals surface area contributed by atoms with Gasteiger partial charge in [-0.1, -0.05) is 6.92 Å². The molecule has 0 aromatic carbocycles. The first-order valence-electron chi connectivity index (χ1n) is 5.39. The summed E-state index contributed by atoms with van der Waals surface area (Å²) < 4.78 is 0. The second kappa shape index (κ2) is 5.43. The van der Waals surface area contributed by atoms with Crippen LogP contribution in [0.4, 0.5) is 0 Å². The van der Waals surface area contributed by atoms with Crippen molar-refractivity contribution < 1.29 is 14.7 Å². The van der Waals surface area contributed by atoms with Crippen molar-refractivity contribution in [3.63, 3.8) is 0 Å². The second-order valence-electron chi connectivity index (χ2n) is 3.93. The van der Waals surface area contributed by atoms with E-state index in [-0.39, 0.29) is 5.91 Å². The molecule has 1 amide bonds. The monoisotopic (exact) mass is 236 g/mol. The minimum absolute atomic E-state index is 0.324. The van der Waals surface area contributed by atoms with Crippen LogP contribution in [-0.4, -0.2) is 40.0 Å². The van der Waals surface area contributed by atoms with Gasteiger partial charge in [-0.15, -0.1) is 0 Å². The molecule has 0 spiro atoms. The predicted molar refractivity (Wildman–Crippen MR) is 62.8 cm³/mol. The summed E-state index contributed by atoms with van der Waals surface area (Å²) in [5, 5.41) is 8.98. The predicted octanol–water partition coefficient (Wildman–Crippen LogP) is 1.33. The highest BCUT2D eigenvalue weighted by Gasteiger charge is 2.25. The molecule has 1 aromatic rings. The number of carboxylic acids is 1. The van der Waals surface area contributed by atoms with Crippen LogP contribution in [0.3, 0.4) is 0 Å². The van der Waals surface area contributed by atoms with E-state index in [1.807, 2.05) is 6.92 Å². The van der Waals surface area contributed by atoms with Crippen LogP contribution in [-0.2, 0) is 4.79 Å². The number of carboxylic acid groups (broad SMARTS) is 1. The average Bonchev–Trinajstić information content (AvgIpc) is 2.28. The fraction of sp³-hybridized carbons (Fsp3) is 0.417. The van der Waals surface area contributed by atoms with Crippen molar-refractivity contribution in [2.24, 2.45) is 0 Å². The maximum atomic E-state index is 12.0. The number of hydrogen-bond acceptors (Lipinski definition) is 3. The van der Waals surface area contributed by atoms with Gasteiger partial charge >= 0.3 is 5.97 Å². The van der Waals surface area contributed by atoms with Crippen LogP contribution in [0.15, 0.2) is 18.5 Å². The zero-order valence-corrected chi connectivity index (χ0v) is 10.2. The number of likely N-dealkylation sites (N-methyl/N-ethyl adjacent to an activating group) is 1. The molecule has 0 aliphatic carbocycles. The molecule has 0 aliphatic rings. The van der Waals surface area contributed by atoms with Gasteiger partial charge in [0.05, 0.1) is 5.56 Å². The number of aromatic nitrogens is 1. The summed E-state index contributed by atoms with van der Waals surface area (Å²) in [4.78, 5) is 28.1. The van der Waals surface area contributed by atoms with E-state index in [0.717, 1.165) is 5.56 Å². The van der Waals surface area contributed by atoms with Crippen molar-refractivity contribution in [1.82, 2.24) is 9.88 Å². The van der Waals surface area contributed by atoms with Crippen molar-refractivity contribution in [2.75, 3.05) is 7.05 Å². The maximum absolute atomic E-state index is 12.0. The lowest BCUT2D eigenvalue weighted by atomic mass is 10.1. The van der Waals surface area contributed by atoms with E-state index in [9.17, 15) is 9.59 Å². The van der Waals surface area contributed by atoms with Crippen molar-refractivity contribution in [3.05, 3.63) is 29.6 Å². The molecule has 5 heteroatoms. The Morgan fingerprint density at radius 2 is 2.12 bits per heavy atom. The van der Waals surface area contributed by atoms with Gasteiger partial charge < -0.3 is 10.0 Å². The van der Waals surface area contributed by atoms with Gasteiger partial charge in [0, 0.05) is 19.4 Å². The molecular weight excluding hydrogens is 220 g/mol. The normalized spacial score (nSPS) is 11.9. The van der Waals surface area contributed by atoms with Crippen molar-refractivity contribution in [1.29, 1.82) is 0 Å². The summed E-state index contributed by atoms with van der Waals surface area (Å²) >= 11 is 0. The van der Waals surface area contributed by atoms with Crippen LogP contribution >= 0.6 is 0 Å². The lowest BCUT2D eigenvalue weighted by molar-refractivity contribution is -0.142. The number of pyridine rings is 1. The molecule has 1 atom stereocenters. The molecule has 17 heavy (non-hydrogen) atoms. The molecule has 0 saturated heterocycles. The number of nitrogens with zero attached hydrogens (tertiary/aromatic N) is 2. The first-order valence-corrected chi connectivity index (χ1v) is 5.39. The van der Waals surface area contributed by atoms with Crippen molar-refractivity contribution in [2.45, 2.75) is 26.3 Å². The molecule has 1 heterocycles. The minimum Gasteiger partial charge on any atom is -0.480 e. The molecule has 0 fully saturated rings. The molecule has 0 saturated carbocycles. The Hall–Kier alpha value is -1.91. The van der Waals surface area contributed by atoms with Crippen molar-refractivity contribution >= 4 is 11.9 Å². The van der Waals surface area contributed by atoms with Crippen LogP contribution in [0.25, 0.3) is 0 Å². The molecule has 5 nitrogen and oxygen atoms in total. The Balaban J connectivity index is 2.93. The van der Waals surface area contributed by atoms with Gasteiger partial charge in [0.2, 0.25) is 0 Å². The molecular formula is C12H16N2O3. The quantitative estimate of drug-likeness (QED) is 0.856. The highest BCUT2D eigenvalue weighted by atomic mass is 16.4. The van der Waals surface area contributed by atoms with E-state index in [0.29, 0.717) is 12.0 Å². The molecule has 0 aliphatic heterocycles. The zero-order chi connectivity index (χ0) is 13.0. The van der Waals surface area contributed by atoms with Crippen molar-refractivity contribution in [3.8, 4) is 0 Å². The highest BCUT2D eigenvalue weighted by Crippen LogP contribution is 2.09. The highest BCUT2D eigenvalue weighted by molar-refractivity contribution is 5.96. The van der Waals surface area contributed by atoms with E-state index in [1.165, 1.54) is 18.1 Å². The molecule has 1 rings (SSSR count). The molecule has 1 unspecified atom stereocenters. The van der Waals surface area contributed by atoms with Crippen LogP contribution in [0.5, 0.6) is 0 Å². The van der Waals surface area contributed by atoms with Crippen LogP contribution in [0.1, 0.15) is 29.3 Å². The van der Waals surface area contributed by atoms with Gasteiger partial charge in [-0.25, -0.2) is 4.79 Å². The summed E-state index contributed by atoms with van der Waals surface area (Å²) in [5.74, 6) is -1.32. The molecule has 1 N–H and O–H groups in total. The largest absolute Gasteiger partial charge is 0.480 e. The number of aliphatic carboxylic acids is 1. The number of amides is 1. The summed E-state index contributed by atoms with van der Waals surface area (Å²) in [5.41, 5.74) is 1.28. The number of hydrogen-bond donors (Lipinski definition) is 1. The molecule has 92 valence electrons. The summed E-state index contributed by atoms with van der Waals surface area (Å²) in [6.07, 6.45) is 3.46. The minimum atomic E-state index is -0.996. The molecule has 1 aromatic heterocycles. The summed E-state index contributed by atoms with van der Waals surface area (Å²) in [7, 11) is 1.49. The third-order valence-corrected chi connectivity index (χ3v) is 2.58. The number of aryl methyl sites for hydroxylation is 1. The van der Waals surface area contributed by atoms with E-state index < -0.39 is 12.0 Å². The van der Waals surface area contributed by atoms with Gasteiger partial charge in [0.25, 0.3) is 5.91 Å². The average molecular weight is 236 g/mol. The summed E-state index contributed by atoms with van der Waals surface area (Å²) in [6, 6.07) is 0.892. The van der Waals surface area contributed by atoms with E-state index >= 15 is 0 Å². The van der Waals surface area contributed by atoms with Crippen LogP contribution in [0, 0.1) is 6.92 Å². The Morgan fingerprint density at radius 3 is 2.59 bits per heavy atom. The Kier molecular flexibility index (Phi) is 4.20. The molecule has 0 radical (unpaired) electrons. The first kappa shape index (κ1) is 13.2. The SMILES string of the molecule is CCC(C(=O)O)N(C)C(=O)c1cncc(C)c1. The maximum Gasteiger partial charge on any atom is 0.326 e. The first-order chi connectivity index (χ1) is 7.97. The lowest BCUT2D eigenvalue weighted by Gasteiger charge is -2.23. The summed E-state index contributed by atoms with van der Waals surface area (Å²) in [6.45, 7) is 3.56. The smallest absolute Gasteiger partial charge is 0.326 e. The standard InChI is InChI=1S/C12H16N2O3/c1-4-10(12(16)17)14(3)11(15)9-5-8(2)6-13-7-9/h5-7,10H,4H2,1-3H3,(H,16,17). The zero-order valence-electron chi connectivity index (χ0n) is 10.2. The van der Waals surface area contributed by atoms with Gasteiger partial charge in [-0.3, -0.25) is 9.78 Å². The Labute approximate surface area is 100 Å². The van der Waals surface area contributed by atoms with Gasteiger partial charge in [-0.2, -0.15) is 0 Å². The number of carbonyl (C=O) groups is 2. The fourth-order valence-electron chi connectivity index (χ4n) is 1.63. The van der Waals surface area contributed by atoms with Crippen LogP contribution < -0.4 is 0 Å². The van der Waals surface area contributed by atoms with E-state index in [4.69, 9.17) is 5.11 Å². The number of carbonyl (C=O) groups excluding carboxylic acids is 1. The van der Waals surface area contributed by atoms with Crippen LogP contribution in [0.2, 0.25) is 0 Å². The van der Waals surface area contributed by atoms with Gasteiger partial charge in [-0.05, 0) is 25.0 Å². The van der Waals surface area contributed by atoms with Gasteiger partial charge in [0.15, 0.2) is 0 Å². The molecule has 0 bridgehead atoms. The second-order valence-corrected chi connectivity index (χ2v) is 3.93. The third-order valence-electron chi connectivity index (χ3n) is 2.58. The Bertz CT molecular complexity index is 432. The third kappa shape index (κ3) is 3.03. The number of rotatable bonds is 4.